The van der Waals surface area contributed by atoms with Crippen LogP contribution in [0.2, 0.25) is 0 Å². The van der Waals surface area contributed by atoms with Gasteiger partial charge in [0.1, 0.15) is 0 Å². The van der Waals surface area contributed by atoms with Gasteiger partial charge in [-0.15, -0.1) is 12.4 Å². The van der Waals surface area contributed by atoms with Crippen molar-refractivity contribution < 1.29 is 4.92 Å². The van der Waals surface area contributed by atoms with Crippen LogP contribution in [-0.4, -0.2) is 4.92 Å². The van der Waals surface area contributed by atoms with Gasteiger partial charge in [0.15, 0.2) is 0 Å². The van der Waals surface area contributed by atoms with E-state index < -0.39 is 4.92 Å². The van der Waals surface area contributed by atoms with Crippen molar-refractivity contribution in [2.75, 3.05) is 5.43 Å². The number of nitrogens with zero attached hydrogens (tertiary/aromatic N) is 1. The van der Waals surface area contributed by atoms with Gasteiger partial charge in [-0.2, -0.15) is 0 Å². The van der Waals surface area contributed by atoms with Crippen LogP contribution in [0.15, 0.2) is 22.7 Å². The molecule has 1 aromatic carbocycles. The van der Waals surface area contributed by atoms with Crippen molar-refractivity contribution >= 4 is 39.7 Å². The van der Waals surface area contributed by atoms with Crippen LogP contribution in [0.5, 0.6) is 0 Å². The summed E-state index contributed by atoms with van der Waals surface area (Å²) in [6.45, 7) is 0. The molecule has 0 aliphatic heterocycles. The number of nitro groups is 1. The quantitative estimate of drug-likeness (QED) is 0.489. The molecule has 0 atom stereocenters. The lowest BCUT2D eigenvalue weighted by Gasteiger charge is -2.01. The van der Waals surface area contributed by atoms with Crippen molar-refractivity contribution in [1.29, 1.82) is 0 Å². The zero-order valence-corrected chi connectivity index (χ0v) is 8.76. The van der Waals surface area contributed by atoms with E-state index in [0.29, 0.717) is 10.2 Å². The Morgan fingerprint density at radius 2 is 2.15 bits per heavy atom. The van der Waals surface area contributed by atoms with Crippen molar-refractivity contribution in [3.05, 3.63) is 32.8 Å². The molecule has 0 saturated carbocycles. The largest absolute Gasteiger partial charge is 0.323 e. The Hall–Kier alpha value is -0.850. The molecule has 0 spiro atoms. The second-order valence-corrected chi connectivity index (χ2v) is 2.92. The molecule has 1 rings (SSSR count). The number of nitrogens with two attached hydrogens (primary N) is 1. The first kappa shape index (κ1) is 12.2. The summed E-state index contributed by atoms with van der Waals surface area (Å²) in [5, 5.41) is 10.3. The Morgan fingerprint density at radius 1 is 1.54 bits per heavy atom. The number of benzene rings is 1. The lowest BCUT2D eigenvalue weighted by molar-refractivity contribution is -0.384. The maximum absolute atomic E-state index is 10.3. The number of nitrogens with one attached hydrogen (secondary N) is 1. The minimum Gasteiger partial charge on any atom is -0.323 e. The highest BCUT2D eigenvalue weighted by molar-refractivity contribution is 9.10. The molecule has 7 heteroatoms. The second kappa shape index (κ2) is 5.00. The lowest BCUT2D eigenvalue weighted by Crippen LogP contribution is -2.07. The Kier molecular flexibility index (Phi) is 4.68. The summed E-state index contributed by atoms with van der Waals surface area (Å²) >= 11 is 3.13. The first-order valence-electron chi connectivity index (χ1n) is 3.05. The van der Waals surface area contributed by atoms with Crippen LogP contribution < -0.4 is 11.3 Å². The zero-order valence-electron chi connectivity index (χ0n) is 6.36. The molecule has 0 amide bonds. The van der Waals surface area contributed by atoms with Crippen molar-refractivity contribution in [1.82, 2.24) is 0 Å². The van der Waals surface area contributed by atoms with Crippen LogP contribution in [0.25, 0.3) is 0 Å². The molecular weight excluding hydrogens is 261 g/mol. The summed E-state index contributed by atoms with van der Waals surface area (Å²) in [6, 6.07) is 4.29. The van der Waals surface area contributed by atoms with Crippen LogP contribution in [-0.2, 0) is 0 Å². The highest BCUT2D eigenvalue weighted by Gasteiger charge is 2.07. The average molecular weight is 268 g/mol. The second-order valence-electron chi connectivity index (χ2n) is 2.07. The molecule has 0 saturated heterocycles. The number of nitro benzene ring substituents is 1. The summed E-state index contributed by atoms with van der Waals surface area (Å²) in [6.07, 6.45) is 0. The van der Waals surface area contributed by atoms with Gasteiger partial charge < -0.3 is 5.43 Å². The first-order valence-corrected chi connectivity index (χ1v) is 3.85. The van der Waals surface area contributed by atoms with E-state index in [4.69, 9.17) is 5.84 Å². The zero-order chi connectivity index (χ0) is 9.14. The standard InChI is InChI=1S/C6H6BrN3O2.ClH/c7-5-3-4(10(11)12)1-2-6(5)9-8;/h1-3,9H,8H2;1H. The number of non-ortho nitro benzene ring substituents is 1. The fourth-order valence-electron chi connectivity index (χ4n) is 0.735. The molecule has 3 N–H and O–H groups in total. The molecule has 13 heavy (non-hydrogen) atoms. The van der Waals surface area contributed by atoms with E-state index in [-0.39, 0.29) is 18.1 Å². The van der Waals surface area contributed by atoms with Crippen LogP contribution in [0, 0.1) is 10.1 Å². The Bertz CT molecular complexity index is 321. The summed E-state index contributed by atoms with van der Waals surface area (Å²) in [4.78, 5) is 9.82. The lowest BCUT2D eigenvalue weighted by atomic mass is 10.3. The van der Waals surface area contributed by atoms with Crippen LogP contribution in [0.4, 0.5) is 11.4 Å². The maximum Gasteiger partial charge on any atom is 0.270 e. The summed E-state index contributed by atoms with van der Waals surface area (Å²) in [5.41, 5.74) is 3.03. The molecule has 72 valence electrons. The molecule has 5 nitrogen and oxygen atoms in total. The molecule has 0 fully saturated rings. The average Bonchev–Trinajstić information content (AvgIpc) is 2.04. The summed E-state index contributed by atoms with van der Waals surface area (Å²) in [7, 11) is 0. The molecule has 0 bridgehead atoms. The third kappa shape index (κ3) is 2.83. The van der Waals surface area contributed by atoms with E-state index in [0.717, 1.165) is 0 Å². The number of anilines is 1. The molecule has 1 aromatic rings. The fourth-order valence-corrected chi connectivity index (χ4v) is 1.22. The minimum atomic E-state index is -0.467. The van der Waals surface area contributed by atoms with Crippen LogP contribution in [0.3, 0.4) is 0 Å². The predicted octanol–water partition coefficient (Wildman–Crippen LogP) is 2.06. The van der Waals surface area contributed by atoms with E-state index in [2.05, 4.69) is 21.4 Å². The van der Waals surface area contributed by atoms with Crippen molar-refractivity contribution in [3.63, 3.8) is 0 Å². The molecule has 0 unspecified atom stereocenters. The van der Waals surface area contributed by atoms with Gasteiger partial charge in [-0.25, -0.2) is 0 Å². The molecule has 0 aromatic heterocycles. The highest BCUT2D eigenvalue weighted by atomic mass is 79.9. The van der Waals surface area contributed by atoms with Crippen molar-refractivity contribution in [2.45, 2.75) is 0 Å². The maximum atomic E-state index is 10.3. The molecule has 0 aliphatic carbocycles. The molecule has 0 aliphatic rings. The number of halogens is 2. The minimum absolute atomic E-state index is 0. The van der Waals surface area contributed by atoms with Gasteiger partial charge in [-0.05, 0) is 22.0 Å². The van der Waals surface area contributed by atoms with Gasteiger partial charge in [0.2, 0.25) is 0 Å². The number of hydrogen-bond donors (Lipinski definition) is 2. The van der Waals surface area contributed by atoms with Gasteiger partial charge in [0, 0.05) is 16.6 Å². The van der Waals surface area contributed by atoms with Crippen molar-refractivity contribution in [3.8, 4) is 0 Å². The highest BCUT2D eigenvalue weighted by Crippen LogP contribution is 2.25. The van der Waals surface area contributed by atoms with Gasteiger partial charge in [0.05, 0.1) is 10.6 Å². The van der Waals surface area contributed by atoms with E-state index in [9.17, 15) is 10.1 Å². The van der Waals surface area contributed by atoms with Gasteiger partial charge >= 0.3 is 0 Å². The third-order valence-electron chi connectivity index (χ3n) is 1.32. The molecule has 0 heterocycles. The van der Waals surface area contributed by atoms with E-state index in [1.807, 2.05) is 0 Å². The van der Waals surface area contributed by atoms with Gasteiger partial charge in [-0.3, -0.25) is 16.0 Å². The summed E-state index contributed by atoms with van der Waals surface area (Å²) < 4.78 is 0.569. The summed E-state index contributed by atoms with van der Waals surface area (Å²) in [5.74, 6) is 5.13. The van der Waals surface area contributed by atoms with E-state index in [1.165, 1.54) is 18.2 Å². The first-order chi connectivity index (χ1) is 5.65. The Balaban J connectivity index is 0.00000144. The SMILES string of the molecule is Cl.NNc1ccc([N+](=O)[O-])cc1Br. The van der Waals surface area contributed by atoms with Crippen LogP contribution in [0.1, 0.15) is 0 Å². The monoisotopic (exact) mass is 267 g/mol. The Morgan fingerprint density at radius 3 is 2.54 bits per heavy atom. The number of rotatable bonds is 2. The predicted molar refractivity (Wildman–Crippen MR) is 55.9 cm³/mol. The normalized spacial score (nSPS) is 8.77. The molecular formula is C6H7BrClN3O2. The number of nitrogen functional groups attached to an aromatic ring is 1. The fraction of sp³-hybridized carbons (Fsp3) is 0. The topological polar surface area (TPSA) is 81.2 Å². The smallest absolute Gasteiger partial charge is 0.270 e. The van der Waals surface area contributed by atoms with Gasteiger partial charge in [-0.1, -0.05) is 0 Å². The van der Waals surface area contributed by atoms with Crippen LogP contribution >= 0.6 is 28.3 Å². The van der Waals surface area contributed by atoms with E-state index >= 15 is 0 Å². The number of hydrogen-bond acceptors (Lipinski definition) is 4. The Labute approximate surface area is 89.0 Å². The van der Waals surface area contributed by atoms with Crippen molar-refractivity contribution in [2.24, 2.45) is 5.84 Å². The number of hydrazine groups is 1. The van der Waals surface area contributed by atoms with E-state index in [1.54, 1.807) is 0 Å². The molecule has 0 radical (unpaired) electrons. The van der Waals surface area contributed by atoms with Gasteiger partial charge in [0.25, 0.3) is 5.69 Å². The third-order valence-corrected chi connectivity index (χ3v) is 1.98.